The minimum Gasteiger partial charge on any atom is -0.481 e. The molecule has 35 heavy (non-hydrogen) atoms. The largest absolute Gasteiger partial charge is 0.481 e. The molecule has 8 heteroatoms. The highest BCUT2D eigenvalue weighted by Gasteiger charge is 2.32. The SMILES string of the molecule is COC[C@H](NC(=O)OCC1c2ccccc2-c2ccccc21)C(=O)NCC1CCCCC1C(=O)O. The van der Waals surface area contributed by atoms with Gasteiger partial charge in [-0.3, -0.25) is 9.59 Å². The van der Waals surface area contributed by atoms with E-state index in [9.17, 15) is 19.5 Å². The Kier molecular flexibility index (Phi) is 8.02. The smallest absolute Gasteiger partial charge is 0.407 e. The van der Waals surface area contributed by atoms with Crippen molar-refractivity contribution in [3.63, 3.8) is 0 Å². The van der Waals surface area contributed by atoms with Crippen LogP contribution < -0.4 is 10.6 Å². The first kappa shape index (κ1) is 24.7. The topological polar surface area (TPSA) is 114 Å². The molecule has 4 rings (SSSR count). The van der Waals surface area contributed by atoms with Crippen molar-refractivity contribution in [2.24, 2.45) is 11.8 Å². The molecule has 2 aromatic carbocycles. The summed E-state index contributed by atoms with van der Waals surface area (Å²) in [5.74, 6) is -1.91. The summed E-state index contributed by atoms with van der Waals surface area (Å²) in [4.78, 5) is 36.9. The average molecular weight is 481 g/mol. The fourth-order valence-corrected chi connectivity index (χ4v) is 5.26. The highest BCUT2D eigenvalue weighted by Crippen LogP contribution is 2.44. The van der Waals surface area contributed by atoms with Crippen molar-refractivity contribution in [3.8, 4) is 11.1 Å². The average Bonchev–Trinajstić information content (AvgIpc) is 3.19. The first-order valence-electron chi connectivity index (χ1n) is 12.1. The maximum absolute atomic E-state index is 12.8. The first-order chi connectivity index (χ1) is 17.0. The minimum atomic E-state index is -0.942. The number of amides is 2. The third kappa shape index (κ3) is 5.65. The summed E-state index contributed by atoms with van der Waals surface area (Å²) in [5.41, 5.74) is 4.48. The Morgan fingerprint density at radius 2 is 1.63 bits per heavy atom. The van der Waals surface area contributed by atoms with E-state index < -0.39 is 29.9 Å². The number of benzene rings is 2. The number of aliphatic carboxylic acids is 1. The lowest BCUT2D eigenvalue weighted by atomic mass is 9.79. The third-order valence-electron chi connectivity index (χ3n) is 7.05. The van der Waals surface area contributed by atoms with Crippen LogP contribution in [0.2, 0.25) is 0 Å². The molecule has 0 saturated heterocycles. The Morgan fingerprint density at radius 1 is 1.00 bits per heavy atom. The number of methoxy groups -OCH3 is 1. The summed E-state index contributed by atoms with van der Waals surface area (Å²) in [5, 5.41) is 14.8. The van der Waals surface area contributed by atoms with Crippen LogP contribution in [0.4, 0.5) is 4.79 Å². The molecule has 2 amide bonds. The van der Waals surface area contributed by atoms with Gasteiger partial charge in [0.2, 0.25) is 5.91 Å². The second-order valence-corrected chi connectivity index (χ2v) is 9.21. The predicted molar refractivity (Wildman–Crippen MR) is 130 cm³/mol. The summed E-state index contributed by atoms with van der Waals surface area (Å²) < 4.78 is 10.7. The van der Waals surface area contributed by atoms with Gasteiger partial charge in [-0.1, -0.05) is 61.4 Å². The van der Waals surface area contributed by atoms with Crippen molar-refractivity contribution in [1.29, 1.82) is 0 Å². The van der Waals surface area contributed by atoms with Gasteiger partial charge in [-0.15, -0.1) is 0 Å². The summed E-state index contributed by atoms with van der Waals surface area (Å²) in [6, 6.07) is 15.2. The van der Waals surface area contributed by atoms with Crippen molar-refractivity contribution in [1.82, 2.24) is 10.6 Å². The molecule has 2 aromatic rings. The minimum absolute atomic E-state index is 0.0247. The number of carboxylic acid groups (broad SMARTS) is 1. The van der Waals surface area contributed by atoms with Crippen LogP contribution in [0.5, 0.6) is 0 Å². The van der Waals surface area contributed by atoms with Crippen LogP contribution in [-0.4, -0.2) is 56.0 Å². The Morgan fingerprint density at radius 3 is 2.26 bits per heavy atom. The van der Waals surface area contributed by atoms with Crippen LogP contribution in [0.25, 0.3) is 11.1 Å². The monoisotopic (exact) mass is 480 g/mol. The molecule has 0 heterocycles. The number of alkyl carbamates (subject to hydrolysis) is 1. The number of hydrogen-bond acceptors (Lipinski definition) is 5. The molecule has 8 nitrogen and oxygen atoms in total. The van der Waals surface area contributed by atoms with E-state index in [1.807, 2.05) is 36.4 Å². The zero-order valence-electron chi connectivity index (χ0n) is 19.9. The van der Waals surface area contributed by atoms with Crippen molar-refractivity contribution < 1.29 is 29.0 Å². The molecule has 0 aromatic heterocycles. The van der Waals surface area contributed by atoms with Crippen molar-refractivity contribution in [3.05, 3.63) is 59.7 Å². The lowest BCUT2D eigenvalue weighted by Gasteiger charge is -2.29. The zero-order chi connectivity index (χ0) is 24.8. The van der Waals surface area contributed by atoms with Gasteiger partial charge in [0.15, 0.2) is 0 Å². The number of fused-ring (bicyclic) bond motifs is 3. The van der Waals surface area contributed by atoms with Crippen molar-refractivity contribution >= 4 is 18.0 Å². The van der Waals surface area contributed by atoms with E-state index in [0.717, 1.165) is 41.5 Å². The van der Waals surface area contributed by atoms with Gasteiger partial charge in [0, 0.05) is 19.6 Å². The van der Waals surface area contributed by atoms with Gasteiger partial charge >= 0.3 is 12.1 Å². The second-order valence-electron chi connectivity index (χ2n) is 9.21. The number of ether oxygens (including phenoxy) is 2. The van der Waals surface area contributed by atoms with Crippen LogP contribution in [0.3, 0.4) is 0 Å². The Labute approximate surface area is 205 Å². The van der Waals surface area contributed by atoms with Crippen LogP contribution in [-0.2, 0) is 19.1 Å². The summed E-state index contributed by atoms with van der Waals surface area (Å²) in [7, 11) is 1.45. The number of carbonyl (C=O) groups is 3. The standard InChI is InChI=1S/C27H32N2O6/c1-34-16-24(25(30)28-14-17-8-2-3-9-18(17)26(31)32)29-27(33)35-15-23-21-12-6-4-10-19(21)20-11-5-7-13-22(20)23/h4-7,10-13,17-18,23-24H,2-3,8-9,14-16H2,1H3,(H,28,30)(H,29,33)(H,31,32)/t17?,18?,24-/m0/s1. The molecule has 2 aliphatic rings. The summed E-state index contributed by atoms with van der Waals surface area (Å²) in [6.45, 7) is 0.370. The van der Waals surface area contributed by atoms with E-state index in [4.69, 9.17) is 9.47 Å². The molecule has 1 fully saturated rings. The van der Waals surface area contributed by atoms with Gasteiger partial charge in [0.25, 0.3) is 0 Å². The quantitative estimate of drug-likeness (QED) is 0.506. The van der Waals surface area contributed by atoms with Crippen LogP contribution in [0, 0.1) is 11.8 Å². The Bertz CT molecular complexity index is 1030. The second kappa shape index (κ2) is 11.4. The molecule has 2 aliphatic carbocycles. The molecular formula is C27H32N2O6. The number of carbonyl (C=O) groups excluding carboxylic acids is 2. The van der Waals surface area contributed by atoms with Gasteiger partial charge in [-0.05, 0) is 41.0 Å². The highest BCUT2D eigenvalue weighted by atomic mass is 16.5. The van der Waals surface area contributed by atoms with Gasteiger partial charge < -0.3 is 25.2 Å². The molecule has 0 radical (unpaired) electrons. The molecule has 1 saturated carbocycles. The third-order valence-corrected chi connectivity index (χ3v) is 7.05. The summed E-state index contributed by atoms with van der Waals surface area (Å²) in [6.07, 6.45) is 2.51. The Balaban J connectivity index is 1.33. The molecule has 3 atom stereocenters. The Hall–Kier alpha value is -3.39. The molecule has 0 spiro atoms. The maximum atomic E-state index is 12.8. The predicted octanol–water partition coefficient (Wildman–Crippen LogP) is 3.55. The molecule has 2 unspecified atom stereocenters. The van der Waals surface area contributed by atoms with Crippen molar-refractivity contribution in [2.75, 3.05) is 26.9 Å². The zero-order valence-corrected chi connectivity index (χ0v) is 19.9. The van der Waals surface area contributed by atoms with Gasteiger partial charge in [0.05, 0.1) is 12.5 Å². The van der Waals surface area contributed by atoms with E-state index in [2.05, 4.69) is 22.8 Å². The van der Waals surface area contributed by atoms with E-state index in [1.165, 1.54) is 7.11 Å². The molecule has 186 valence electrons. The summed E-state index contributed by atoms with van der Waals surface area (Å²) >= 11 is 0. The number of nitrogens with one attached hydrogen (secondary N) is 2. The molecule has 0 bridgehead atoms. The number of rotatable bonds is 9. The van der Waals surface area contributed by atoms with Crippen LogP contribution >= 0.6 is 0 Å². The van der Waals surface area contributed by atoms with Crippen LogP contribution in [0.1, 0.15) is 42.7 Å². The van der Waals surface area contributed by atoms with Crippen LogP contribution in [0.15, 0.2) is 48.5 Å². The van der Waals surface area contributed by atoms with E-state index in [1.54, 1.807) is 0 Å². The fourth-order valence-electron chi connectivity index (χ4n) is 5.26. The molecule has 3 N–H and O–H groups in total. The lowest BCUT2D eigenvalue weighted by molar-refractivity contribution is -0.145. The normalized spacial score (nSPS) is 19.8. The maximum Gasteiger partial charge on any atom is 0.407 e. The number of carboxylic acids is 1. The van der Waals surface area contributed by atoms with Gasteiger partial charge in [-0.25, -0.2) is 4.79 Å². The first-order valence-corrected chi connectivity index (χ1v) is 12.1. The van der Waals surface area contributed by atoms with Gasteiger partial charge in [0.1, 0.15) is 12.6 Å². The van der Waals surface area contributed by atoms with E-state index >= 15 is 0 Å². The van der Waals surface area contributed by atoms with Gasteiger partial charge in [-0.2, -0.15) is 0 Å². The molecular weight excluding hydrogens is 448 g/mol. The highest BCUT2D eigenvalue weighted by molar-refractivity contribution is 5.86. The molecule has 0 aliphatic heterocycles. The fraction of sp³-hybridized carbons (Fsp3) is 0.444. The van der Waals surface area contributed by atoms with E-state index in [-0.39, 0.29) is 31.6 Å². The number of hydrogen-bond donors (Lipinski definition) is 3. The lowest BCUT2D eigenvalue weighted by Crippen LogP contribution is -2.51. The van der Waals surface area contributed by atoms with E-state index in [0.29, 0.717) is 6.42 Å². The van der Waals surface area contributed by atoms with Crippen molar-refractivity contribution in [2.45, 2.75) is 37.6 Å².